The number of nitrogens with zero attached hydrogens (tertiary/aromatic N) is 3. The van der Waals surface area contributed by atoms with Gasteiger partial charge in [0, 0.05) is 31.7 Å². The second-order valence-corrected chi connectivity index (χ2v) is 8.60. The predicted octanol–water partition coefficient (Wildman–Crippen LogP) is 1.93. The second-order valence-electron chi connectivity index (χ2n) is 6.72. The number of hydrogen-bond acceptors (Lipinski definition) is 6. The fourth-order valence-corrected chi connectivity index (χ4v) is 4.93. The van der Waals surface area contributed by atoms with Crippen molar-refractivity contribution in [2.24, 2.45) is 0 Å². The van der Waals surface area contributed by atoms with Crippen LogP contribution in [0.2, 0.25) is 0 Å². The maximum atomic E-state index is 13.4. The van der Waals surface area contributed by atoms with Crippen LogP contribution >= 0.6 is 0 Å². The largest absolute Gasteiger partial charge is 0.360 e. The van der Waals surface area contributed by atoms with Crippen LogP contribution in [0.3, 0.4) is 0 Å². The lowest BCUT2D eigenvalue weighted by atomic mass is 10.1. The number of Topliss-reactive ketones (excluding diaryl/α,β-unsaturated/α-hetero) is 1. The summed E-state index contributed by atoms with van der Waals surface area (Å²) in [5, 5.41) is 3.72. The van der Waals surface area contributed by atoms with Crippen molar-refractivity contribution >= 4 is 15.8 Å². The molecule has 1 aromatic carbocycles. The minimum absolute atomic E-state index is 0.111. The first-order valence-corrected chi connectivity index (χ1v) is 10.1. The van der Waals surface area contributed by atoms with Crippen molar-refractivity contribution in [1.29, 1.82) is 0 Å². The third-order valence-corrected chi connectivity index (χ3v) is 6.89. The Kier molecular flexibility index (Phi) is 5.45. The summed E-state index contributed by atoms with van der Waals surface area (Å²) >= 11 is 0. The standard InChI is InChI=1S/C18H22FN3O4S/c1-12-10-15(4-5-16(12)19)17(23)11-21-6-8-22(9-7-21)27(24,25)18-13(2)20-26-14(18)3/h4-5,10H,6-9,11H2,1-3H3. The van der Waals surface area contributed by atoms with E-state index in [1.807, 2.05) is 4.90 Å². The Bertz CT molecular complexity index is 943. The average Bonchev–Trinajstić information content (AvgIpc) is 2.97. The van der Waals surface area contributed by atoms with Crippen LogP contribution in [0.5, 0.6) is 0 Å². The van der Waals surface area contributed by atoms with Gasteiger partial charge >= 0.3 is 0 Å². The molecule has 0 bridgehead atoms. The Morgan fingerprint density at radius 2 is 1.85 bits per heavy atom. The molecule has 0 aliphatic carbocycles. The van der Waals surface area contributed by atoms with Gasteiger partial charge in [0.2, 0.25) is 10.0 Å². The molecule has 7 nitrogen and oxygen atoms in total. The molecule has 1 aromatic heterocycles. The van der Waals surface area contributed by atoms with Gasteiger partial charge in [-0.3, -0.25) is 9.69 Å². The average molecular weight is 395 g/mol. The Hall–Kier alpha value is -2.10. The number of carbonyl (C=O) groups excluding carboxylic acids is 1. The summed E-state index contributed by atoms with van der Waals surface area (Å²) < 4.78 is 45.3. The summed E-state index contributed by atoms with van der Waals surface area (Å²) in [6.07, 6.45) is 0. The summed E-state index contributed by atoms with van der Waals surface area (Å²) in [4.78, 5) is 14.4. The van der Waals surface area contributed by atoms with Crippen LogP contribution in [0.25, 0.3) is 0 Å². The van der Waals surface area contributed by atoms with E-state index in [4.69, 9.17) is 4.52 Å². The van der Waals surface area contributed by atoms with Crippen molar-refractivity contribution in [3.05, 3.63) is 46.6 Å². The normalized spacial score (nSPS) is 16.6. The first-order valence-electron chi connectivity index (χ1n) is 8.65. The third-order valence-electron chi connectivity index (χ3n) is 4.74. The number of sulfonamides is 1. The van der Waals surface area contributed by atoms with E-state index in [2.05, 4.69) is 5.16 Å². The number of carbonyl (C=O) groups is 1. The maximum Gasteiger partial charge on any atom is 0.248 e. The number of halogens is 1. The number of aromatic nitrogens is 1. The molecule has 1 fully saturated rings. The minimum atomic E-state index is -3.67. The van der Waals surface area contributed by atoms with Gasteiger partial charge < -0.3 is 4.52 Å². The number of rotatable bonds is 5. The van der Waals surface area contributed by atoms with Gasteiger partial charge in [0.05, 0.1) is 6.54 Å². The fraction of sp³-hybridized carbons (Fsp3) is 0.444. The van der Waals surface area contributed by atoms with E-state index in [0.29, 0.717) is 29.9 Å². The van der Waals surface area contributed by atoms with Gasteiger partial charge in [-0.15, -0.1) is 0 Å². The Morgan fingerprint density at radius 3 is 2.41 bits per heavy atom. The van der Waals surface area contributed by atoms with Gasteiger partial charge in [0.15, 0.2) is 11.5 Å². The molecule has 2 aromatic rings. The van der Waals surface area contributed by atoms with Crippen molar-refractivity contribution in [1.82, 2.24) is 14.4 Å². The smallest absolute Gasteiger partial charge is 0.248 e. The number of aryl methyl sites for hydroxylation is 3. The molecular weight excluding hydrogens is 373 g/mol. The van der Waals surface area contributed by atoms with Crippen molar-refractivity contribution < 1.29 is 22.1 Å². The number of hydrogen-bond donors (Lipinski definition) is 0. The van der Waals surface area contributed by atoms with Crippen LogP contribution in [-0.4, -0.2) is 61.3 Å². The molecule has 27 heavy (non-hydrogen) atoms. The zero-order valence-electron chi connectivity index (χ0n) is 15.5. The van der Waals surface area contributed by atoms with Crippen LogP contribution in [0.4, 0.5) is 4.39 Å². The van der Waals surface area contributed by atoms with E-state index in [1.165, 1.54) is 22.5 Å². The summed E-state index contributed by atoms with van der Waals surface area (Å²) in [6.45, 7) is 6.40. The first kappa shape index (κ1) is 19.7. The lowest BCUT2D eigenvalue weighted by molar-refractivity contribution is 0.0901. The molecule has 2 heterocycles. The molecule has 9 heteroatoms. The lowest BCUT2D eigenvalue weighted by Crippen LogP contribution is -2.49. The summed E-state index contributed by atoms with van der Waals surface area (Å²) in [5.74, 6) is -0.179. The molecule has 3 rings (SSSR count). The van der Waals surface area contributed by atoms with Crippen LogP contribution in [0.15, 0.2) is 27.6 Å². The van der Waals surface area contributed by atoms with E-state index in [9.17, 15) is 17.6 Å². The van der Waals surface area contributed by atoms with E-state index < -0.39 is 10.0 Å². The zero-order chi connectivity index (χ0) is 19.8. The number of benzene rings is 1. The van der Waals surface area contributed by atoms with Crippen molar-refractivity contribution in [3.63, 3.8) is 0 Å². The quantitative estimate of drug-likeness (QED) is 0.720. The van der Waals surface area contributed by atoms with Crippen LogP contribution in [-0.2, 0) is 10.0 Å². The predicted molar refractivity (Wildman–Crippen MR) is 96.6 cm³/mol. The van der Waals surface area contributed by atoms with E-state index in [-0.39, 0.29) is 41.9 Å². The topological polar surface area (TPSA) is 83.7 Å². The summed E-state index contributed by atoms with van der Waals surface area (Å²) in [7, 11) is -3.67. The monoisotopic (exact) mass is 395 g/mol. The van der Waals surface area contributed by atoms with Gasteiger partial charge in [-0.2, -0.15) is 4.31 Å². The highest BCUT2D eigenvalue weighted by molar-refractivity contribution is 7.89. The zero-order valence-corrected chi connectivity index (χ0v) is 16.3. The van der Waals surface area contributed by atoms with Gasteiger partial charge in [0.25, 0.3) is 0 Å². The molecule has 1 aliphatic heterocycles. The molecule has 0 N–H and O–H groups in total. The lowest BCUT2D eigenvalue weighted by Gasteiger charge is -2.33. The van der Waals surface area contributed by atoms with Gasteiger partial charge in [-0.1, -0.05) is 5.16 Å². The Labute approximate surface area is 157 Å². The van der Waals surface area contributed by atoms with Gasteiger partial charge in [-0.05, 0) is 44.5 Å². The first-order chi connectivity index (χ1) is 12.7. The van der Waals surface area contributed by atoms with Crippen molar-refractivity contribution in [2.45, 2.75) is 25.7 Å². The van der Waals surface area contributed by atoms with Crippen LogP contribution in [0, 0.1) is 26.6 Å². The summed E-state index contributed by atoms with van der Waals surface area (Å²) in [6, 6.07) is 4.30. The third kappa shape index (κ3) is 3.95. The molecule has 0 spiro atoms. The van der Waals surface area contributed by atoms with Crippen LogP contribution in [0.1, 0.15) is 27.4 Å². The second kappa shape index (κ2) is 7.49. The van der Waals surface area contributed by atoms with Gasteiger partial charge in [-0.25, -0.2) is 12.8 Å². The van der Waals surface area contributed by atoms with E-state index in [1.54, 1.807) is 20.8 Å². The van der Waals surface area contributed by atoms with Crippen molar-refractivity contribution in [3.8, 4) is 0 Å². The molecule has 0 amide bonds. The Balaban J connectivity index is 1.63. The number of piperazine rings is 1. The Morgan fingerprint density at radius 1 is 1.19 bits per heavy atom. The maximum absolute atomic E-state index is 13.4. The van der Waals surface area contributed by atoms with Crippen molar-refractivity contribution in [2.75, 3.05) is 32.7 Å². The molecule has 0 saturated carbocycles. The minimum Gasteiger partial charge on any atom is -0.360 e. The SMILES string of the molecule is Cc1cc(C(=O)CN2CCN(S(=O)(=O)c3c(C)noc3C)CC2)ccc1F. The fourth-order valence-electron chi connectivity index (χ4n) is 3.21. The molecule has 146 valence electrons. The molecule has 1 aliphatic rings. The van der Waals surface area contributed by atoms with Gasteiger partial charge in [0.1, 0.15) is 16.4 Å². The van der Waals surface area contributed by atoms with E-state index in [0.717, 1.165) is 0 Å². The summed E-state index contributed by atoms with van der Waals surface area (Å²) in [5.41, 5.74) is 1.23. The molecule has 0 radical (unpaired) electrons. The molecule has 1 saturated heterocycles. The molecule has 0 unspecified atom stereocenters. The highest BCUT2D eigenvalue weighted by atomic mass is 32.2. The molecule has 0 atom stereocenters. The highest BCUT2D eigenvalue weighted by Gasteiger charge is 2.33. The molecular formula is C18H22FN3O4S. The van der Waals surface area contributed by atoms with E-state index >= 15 is 0 Å². The number of ketones is 1. The van der Waals surface area contributed by atoms with Crippen LogP contribution < -0.4 is 0 Å². The highest BCUT2D eigenvalue weighted by Crippen LogP contribution is 2.24.